The average molecular weight is 492 g/mol. The van der Waals surface area contributed by atoms with Crippen LogP contribution in [0.5, 0.6) is 5.75 Å². The van der Waals surface area contributed by atoms with E-state index in [1.54, 1.807) is 19.4 Å². The van der Waals surface area contributed by atoms with E-state index in [9.17, 15) is 4.79 Å². The number of aromatic nitrogens is 3. The first-order valence-electron chi connectivity index (χ1n) is 11.2. The molecule has 2 fully saturated rings. The smallest absolute Gasteiger partial charge is 0.258 e. The Kier molecular flexibility index (Phi) is 5.01. The first-order chi connectivity index (χ1) is 16.5. The van der Waals surface area contributed by atoms with Gasteiger partial charge in [-0.2, -0.15) is 0 Å². The fraction of sp³-hybridized carbons (Fsp3) is 0.360. The SMILES string of the molecule is COc1cnc(Cl)cc1-c1cc2c(cc1C(=O)Nc1nnc(C#CC3CC3)s1)N(C)CC21CC1. The van der Waals surface area contributed by atoms with Gasteiger partial charge in [-0.3, -0.25) is 10.1 Å². The van der Waals surface area contributed by atoms with Gasteiger partial charge in [-0.05, 0) is 60.9 Å². The number of carbonyl (C=O) groups excluding carboxylic acids is 1. The number of fused-ring (bicyclic) bond motifs is 2. The minimum atomic E-state index is -0.268. The Morgan fingerprint density at radius 3 is 2.82 bits per heavy atom. The van der Waals surface area contributed by atoms with Crippen LogP contribution in [-0.2, 0) is 5.41 Å². The number of hydrogen-bond acceptors (Lipinski definition) is 7. The molecule has 0 bridgehead atoms. The quantitative estimate of drug-likeness (QED) is 0.419. The van der Waals surface area contributed by atoms with Crippen LogP contribution < -0.4 is 15.0 Å². The number of pyridine rings is 1. The molecule has 1 amide bonds. The van der Waals surface area contributed by atoms with Crippen LogP contribution in [0, 0.1) is 17.8 Å². The number of hydrogen-bond donors (Lipinski definition) is 1. The summed E-state index contributed by atoms with van der Waals surface area (Å²) >= 11 is 7.53. The maximum Gasteiger partial charge on any atom is 0.258 e. The van der Waals surface area contributed by atoms with Crippen molar-refractivity contribution in [3.05, 3.63) is 45.7 Å². The van der Waals surface area contributed by atoms with Crippen LogP contribution in [0.4, 0.5) is 10.8 Å². The summed E-state index contributed by atoms with van der Waals surface area (Å²) in [5.41, 5.74) is 4.53. The Morgan fingerprint density at radius 1 is 1.26 bits per heavy atom. The Hall–Kier alpha value is -3.15. The zero-order valence-electron chi connectivity index (χ0n) is 18.8. The average Bonchev–Trinajstić information content (AvgIpc) is 3.75. The molecule has 2 aliphatic carbocycles. The molecule has 3 heterocycles. The van der Waals surface area contributed by atoms with Gasteiger partial charge in [0, 0.05) is 41.7 Å². The molecule has 9 heteroatoms. The summed E-state index contributed by atoms with van der Waals surface area (Å²) < 4.78 is 5.57. The number of carbonyl (C=O) groups is 1. The molecule has 7 nitrogen and oxygen atoms in total. The molecule has 2 saturated carbocycles. The molecule has 0 atom stereocenters. The van der Waals surface area contributed by atoms with E-state index in [0.29, 0.717) is 32.5 Å². The lowest BCUT2D eigenvalue weighted by molar-refractivity contribution is 0.102. The fourth-order valence-electron chi connectivity index (χ4n) is 4.61. The number of likely N-dealkylation sites (N-methyl/N-ethyl adjacent to an activating group) is 1. The Morgan fingerprint density at radius 2 is 2.09 bits per heavy atom. The third-order valence-corrected chi connectivity index (χ3v) is 7.67. The predicted octanol–water partition coefficient (Wildman–Crippen LogP) is 4.76. The van der Waals surface area contributed by atoms with E-state index in [1.807, 2.05) is 6.07 Å². The van der Waals surface area contributed by atoms with E-state index in [0.717, 1.165) is 49.0 Å². The van der Waals surface area contributed by atoms with Crippen molar-refractivity contribution in [3.8, 4) is 28.7 Å². The van der Waals surface area contributed by atoms with Crippen LogP contribution in [-0.4, -0.2) is 41.8 Å². The molecule has 1 aliphatic heterocycles. The number of amides is 1. The highest BCUT2D eigenvalue weighted by atomic mass is 35.5. The van der Waals surface area contributed by atoms with Crippen molar-refractivity contribution < 1.29 is 9.53 Å². The summed E-state index contributed by atoms with van der Waals surface area (Å²) in [6.45, 7) is 0.959. The molecule has 1 aromatic carbocycles. The van der Waals surface area contributed by atoms with Crippen LogP contribution >= 0.6 is 22.9 Å². The fourth-order valence-corrected chi connectivity index (χ4v) is 5.37. The van der Waals surface area contributed by atoms with Crippen molar-refractivity contribution in [1.29, 1.82) is 0 Å². The predicted molar refractivity (Wildman–Crippen MR) is 133 cm³/mol. The number of anilines is 2. The lowest BCUT2D eigenvalue weighted by Crippen LogP contribution is -2.19. The third-order valence-electron chi connectivity index (χ3n) is 6.71. The lowest BCUT2D eigenvalue weighted by atomic mass is 9.90. The van der Waals surface area contributed by atoms with Gasteiger partial charge in [0.25, 0.3) is 5.91 Å². The van der Waals surface area contributed by atoms with Gasteiger partial charge in [0.2, 0.25) is 5.13 Å². The zero-order chi connectivity index (χ0) is 23.4. The van der Waals surface area contributed by atoms with Crippen molar-refractivity contribution in [2.75, 3.05) is 30.9 Å². The third kappa shape index (κ3) is 3.79. The van der Waals surface area contributed by atoms with Crippen molar-refractivity contribution in [3.63, 3.8) is 0 Å². The van der Waals surface area contributed by atoms with E-state index >= 15 is 0 Å². The largest absolute Gasteiger partial charge is 0.494 e. The van der Waals surface area contributed by atoms with Crippen LogP contribution in [0.2, 0.25) is 5.15 Å². The number of nitrogens with zero attached hydrogens (tertiary/aromatic N) is 4. The van der Waals surface area contributed by atoms with Crippen molar-refractivity contribution >= 4 is 39.7 Å². The van der Waals surface area contributed by atoms with E-state index in [1.165, 1.54) is 16.9 Å². The summed E-state index contributed by atoms with van der Waals surface area (Å²) in [6.07, 6.45) is 6.18. The highest BCUT2D eigenvalue weighted by molar-refractivity contribution is 7.15. The summed E-state index contributed by atoms with van der Waals surface area (Å²) in [5.74, 6) is 6.99. The highest BCUT2D eigenvalue weighted by Gasteiger charge is 2.51. The van der Waals surface area contributed by atoms with Crippen molar-refractivity contribution in [1.82, 2.24) is 15.2 Å². The molecule has 1 N–H and O–H groups in total. The number of benzene rings is 1. The summed E-state index contributed by atoms with van der Waals surface area (Å²) in [6, 6.07) is 5.84. The summed E-state index contributed by atoms with van der Waals surface area (Å²) in [5, 5.41) is 12.5. The van der Waals surface area contributed by atoms with Crippen LogP contribution in [0.1, 0.15) is 46.6 Å². The summed E-state index contributed by atoms with van der Waals surface area (Å²) in [4.78, 5) is 19.9. The Labute approximate surface area is 206 Å². The maximum absolute atomic E-state index is 13.5. The van der Waals surface area contributed by atoms with Gasteiger partial charge in [0.1, 0.15) is 10.9 Å². The zero-order valence-corrected chi connectivity index (χ0v) is 20.4. The first-order valence-corrected chi connectivity index (χ1v) is 12.4. The number of rotatable bonds is 4. The monoisotopic (exact) mass is 491 g/mol. The van der Waals surface area contributed by atoms with E-state index < -0.39 is 0 Å². The van der Waals surface area contributed by atoms with Crippen LogP contribution in [0.15, 0.2) is 24.4 Å². The van der Waals surface area contributed by atoms with Crippen molar-refractivity contribution in [2.45, 2.75) is 31.1 Å². The molecule has 3 aromatic rings. The second-order valence-electron chi connectivity index (χ2n) is 9.17. The standard InChI is InChI=1S/C25H22ClN5O2S/c1-31-13-25(7-8-25)18-9-15(16-11-21(26)27-12-20(16)33-2)17(10-19(18)31)23(32)28-24-30-29-22(34-24)6-5-14-3-4-14/h9-12,14H,3-4,7-8,13H2,1-2H3,(H,28,30,32). The first kappa shape index (κ1) is 21.4. The maximum atomic E-state index is 13.5. The van der Waals surface area contributed by atoms with E-state index in [-0.39, 0.29) is 11.3 Å². The molecular formula is C25H22ClN5O2S. The summed E-state index contributed by atoms with van der Waals surface area (Å²) in [7, 11) is 3.66. The second-order valence-corrected chi connectivity index (χ2v) is 10.5. The molecule has 0 unspecified atom stereocenters. The minimum Gasteiger partial charge on any atom is -0.494 e. The second kappa shape index (κ2) is 7.97. The molecule has 172 valence electrons. The van der Waals surface area contributed by atoms with Gasteiger partial charge in [0.15, 0.2) is 5.01 Å². The number of methoxy groups -OCH3 is 1. The molecule has 2 aromatic heterocycles. The molecule has 6 rings (SSSR count). The van der Waals surface area contributed by atoms with E-state index in [2.05, 4.69) is 50.4 Å². The minimum absolute atomic E-state index is 0.173. The van der Waals surface area contributed by atoms with E-state index in [4.69, 9.17) is 16.3 Å². The number of nitrogens with one attached hydrogen (secondary N) is 1. The van der Waals surface area contributed by atoms with Gasteiger partial charge in [0.05, 0.1) is 13.3 Å². The van der Waals surface area contributed by atoms with Crippen LogP contribution in [0.25, 0.3) is 11.1 Å². The van der Waals surface area contributed by atoms with Crippen LogP contribution in [0.3, 0.4) is 0 Å². The van der Waals surface area contributed by atoms with Gasteiger partial charge in [-0.15, -0.1) is 10.2 Å². The van der Waals surface area contributed by atoms with Gasteiger partial charge in [-0.1, -0.05) is 28.9 Å². The van der Waals surface area contributed by atoms with Crippen molar-refractivity contribution in [2.24, 2.45) is 5.92 Å². The molecule has 3 aliphatic rings. The Bertz CT molecular complexity index is 1380. The molecular weight excluding hydrogens is 470 g/mol. The number of ether oxygens (including phenoxy) is 1. The highest BCUT2D eigenvalue weighted by Crippen LogP contribution is 2.57. The van der Waals surface area contributed by atoms with Gasteiger partial charge in [-0.25, -0.2) is 4.98 Å². The molecule has 1 spiro atoms. The molecule has 0 saturated heterocycles. The molecule has 34 heavy (non-hydrogen) atoms. The Balaban J connectivity index is 1.41. The van der Waals surface area contributed by atoms with Gasteiger partial charge >= 0.3 is 0 Å². The van der Waals surface area contributed by atoms with Gasteiger partial charge < -0.3 is 9.64 Å². The normalized spacial score (nSPS) is 17.2. The lowest BCUT2D eigenvalue weighted by Gasteiger charge is -2.17. The topological polar surface area (TPSA) is 80.2 Å². The number of halogens is 1. The molecule has 0 radical (unpaired) electrons.